The van der Waals surface area contributed by atoms with Crippen LogP contribution in [0.2, 0.25) is 0 Å². The fourth-order valence-electron chi connectivity index (χ4n) is 1.44. The highest BCUT2D eigenvalue weighted by molar-refractivity contribution is 7.98. The number of carboxylic acids is 1. The standard InChI is InChI=1S/C15H19FO2S/c1-3-11(2)9-19-10-13-6-4-12(8-14(13)16)5-7-15(17)18/h4-8,11H,3,9-10H2,1-2H3,(H,17,18)/b7-5+. The Morgan fingerprint density at radius 3 is 2.84 bits per heavy atom. The zero-order chi connectivity index (χ0) is 14.3. The van der Waals surface area contributed by atoms with Crippen LogP contribution in [0.1, 0.15) is 31.4 Å². The maximum atomic E-state index is 13.8. The van der Waals surface area contributed by atoms with Gasteiger partial charge in [0.2, 0.25) is 0 Å². The Morgan fingerprint density at radius 2 is 2.26 bits per heavy atom. The van der Waals surface area contributed by atoms with Crippen LogP contribution in [0.3, 0.4) is 0 Å². The SMILES string of the molecule is CCC(C)CSCc1ccc(/C=C/C(=O)O)cc1F. The third kappa shape index (κ3) is 5.92. The number of thioether (sulfide) groups is 1. The number of hydrogen-bond acceptors (Lipinski definition) is 2. The highest BCUT2D eigenvalue weighted by atomic mass is 32.2. The third-order valence-electron chi connectivity index (χ3n) is 2.85. The lowest BCUT2D eigenvalue weighted by Gasteiger charge is -2.08. The van der Waals surface area contributed by atoms with Gasteiger partial charge in [0.05, 0.1) is 0 Å². The summed E-state index contributed by atoms with van der Waals surface area (Å²) in [6.45, 7) is 4.33. The van der Waals surface area contributed by atoms with Gasteiger partial charge in [0, 0.05) is 11.8 Å². The van der Waals surface area contributed by atoms with Crippen LogP contribution in [-0.4, -0.2) is 16.8 Å². The van der Waals surface area contributed by atoms with Crippen LogP contribution in [-0.2, 0) is 10.5 Å². The van der Waals surface area contributed by atoms with E-state index in [-0.39, 0.29) is 5.82 Å². The molecule has 4 heteroatoms. The molecule has 0 heterocycles. The molecule has 1 atom stereocenters. The number of rotatable bonds is 7. The second-order valence-corrected chi connectivity index (χ2v) is 5.58. The summed E-state index contributed by atoms with van der Waals surface area (Å²) < 4.78 is 13.8. The molecular formula is C15H19FO2S. The van der Waals surface area contributed by atoms with Gasteiger partial charge < -0.3 is 5.11 Å². The Kier molecular flexibility index (Phi) is 6.64. The molecule has 0 aliphatic rings. The first-order valence-corrected chi connectivity index (χ1v) is 7.45. The van der Waals surface area contributed by atoms with E-state index >= 15 is 0 Å². The molecule has 0 saturated heterocycles. The predicted molar refractivity (Wildman–Crippen MR) is 78.7 cm³/mol. The largest absolute Gasteiger partial charge is 0.478 e. The van der Waals surface area contributed by atoms with Crippen molar-refractivity contribution >= 4 is 23.8 Å². The highest BCUT2D eigenvalue weighted by Gasteiger charge is 2.05. The van der Waals surface area contributed by atoms with Crippen LogP contribution in [0.15, 0.2) is 24.3 Å². The smallest absolute Gasteiger partial charge is 0.328 e. The molecule has 2 nitrogen and oxygen atoms in total. The molecule has 1 aromatic carbocycles. The maximum Gasteiger partial charge on any atom is 0.328 e. The van der Waals surface area contributed by atoms with Crippen molar-refractivity contribution in [3.8, 4) is 0 Å². The van der Waals surface area contributed by atoms with E-state index in [9.17, 15) is 9.18 Å². The summed E-state index contributed by atoms with van der Waals surface area (Å²) in [7, 11) is 0. The number of carboxylic acid groups (broad SMARTS) is 1. The molecule has 0 spiro atoms. The summed E-state index contributed by atoms with van der Waals surface area (Å²) in [5.41, 5.74) is 1.23. The van der Waals surface area contributed by atoms with Gasteiger partial charge in [0.15, 0.2) is 0 Å². The minimum Gasteiger partial charge on any atom is -0.478 e. The van der Waals surface area contributed by atoms with Crippen molar-refractivity contribution in [3.63, 3.8) is 0 Å². The van der Waals surface area contributed by atoms with Gasteiger partial charge >= 0.3 is 5.97 Å². The average molecular weight is 282 g/mol. The summed E-state index contributed by atoms with van der Waals surface area (Å²) in [6, 6.07) is 4.83. The van der Waals surface area contributed by atoms with Crippen LogP contribution in [0.4, 0.5) is 4.39 Å². The number of hydrogen-bond donors (Lipinski definition) is 1. The van der Waals surface area contributed by atoms with E-state index in [1.54, 1.807) is 23.9 Å². The zero-order valence-corrected chi connectivity index (χ0v) is 12.0. The number of carbonyl (C=O) groups is 1. The van der Waals surface area contributed by atoms with Crippen molar-refractivity contribution in [2.45, 2.75) is 26.0 Å². The van der Waals surface area contributed by atoms with Crippen molar-refractivity contribution in [1.29, 1.82) is 0 Å². The van der Waals surface area contributed by atoms with E-state index in [1.165, 1.54) is 12.1 Å². The normalized spacial score (nSPS) is 12.8. The molecule has 1 N–H and O–H groups in total. The summed E-state index contributed by atoms with van der Waals surface area (Å²) in [5, 5.41) is 8.51. The molecule has 0 aliphatic carbocycles. The fourth-order valence-corrected chi connectivity index (χ4v) is 2.65. The number of aliphatic carboxylic acids is 1. The van der Waals surface area contributed by atoms with Crippen molar-refractivity contribution in [2.75, 3.05) is 5.75 Å². The lowest BCUT2D eigenvalue weighted by molar-refractivity contribution is -0.131. The van der Waals surface area contributed by atoms with E-state index in [0.717, 1.165) is 18.2 Å². The summed E-state index contributed by atoms with van der Waals surface area (Å²) in [6.07, 6.45) is 3.53. The van der Waals surface area contributed by atoms with E-state index in [2.05, 4.69) is 13.8 Å². The minimum atomic E-state index is -1.03. The lowest BCUT2D eigenvalue weighted by Crippen LogP contribution is -1.97. The monoisotopic (exact) mass is 282 g/mol. The first-order chi connectivity index (χ1) is 9.02. The third-order valence-corrected chi connectivity index (χ3v) is 4.17. The Labute approximate surface area is 117 Å². The second kappa shape index (κ2) is 8.00. The van der Waals surface area contributed by atoms with Crippen LogP contribution >= 0.6 is 11.8 Å². The zero-order valence-electron chi connectivity index (χ0n) is 11.2. The Balaban J connectivity index is 2.59. The van der Waals surface area contributed by atoms with E-state index < -0.39 is 5.97 Å². The first-order valence-electron chi connectivity index (χ1n) is 6.30. The van der Waals surface area contributed by atoms with Crippen LogP contribution in [0.5, 0.6) is 0 Å². The first kappa shape index (κ1) is 15.8. The lowest BCUT2D eigenvalue weighted by atomic mass is 10.1. The van der Waals surface area contributed by atoms with Gasteiger partial charge in [-0.3, -0.25) is 0 Å². The van der Waals surface area contributed by atoms with Gasteiger partial charge in [0.1, 0.15) is 5.82 Å². The van der Waals surface area contributed by atoms with Gasteiger partial charge in [-0.05, 0) is 34.9 Å². The van der Waals surface area contributed by atoms with E-state index in [1.807, 2.05) is 0 Å². The average Bonchev–Trinajstić information content (AvgIpc) is 2.38. The van der Waals surface area contributed by atoms with Crippen LogP contribution in [0, 0.1) is 11.7 Å². The van der Waals surface area contributed by atoms with E-state index in [0.29, 0.717) is 22.8 Å². The van der Waals surface area contributed by atoms with Crippen molar-refractivity contribution < 1.29 is 14.3 Å². The summed E-state index contributed by atoms with van der Waals surface area (Å²) in [5.74, 6) is 1.01. The van der Waals surface area contributed by atoms with Gasteiger partial charge in [-0.15, -0.1) is 0 Å². The van der Waals surface area contributed by atoms with Crippen molar-refractivity contribution in [1.82, 2.24) is 0 Å². The Bertz CT molecular complexity index is 457. The molecule has 0 radical (unpaired) electrons. The van der Waals surface area contributed by atoms with Gasteiger partial charge in [-0.1, -0.05) is 32.4 Å². The molecule has 0 aromatic heterocycles. The Hall–Kier alpha value is -1.29. The minimum absolute atomic E-state index is 0.274. The number of benzene rings is 1. The molecule has 0 amide bonds. The molecule has 0 fully saturated rings. The number of halogens is 1. The second-order valence-electron chi connectivity index (χ2n) is 4.55. The molecule has 0 aliphatic heterocycles. The summed E-state index contributed by atoms with van der Waals surface area (Å²) in [4.78, 5) is 10.4. The van der Waals surface area contributed by atoms with Gasteiger partial charge in [-0.2, -0.15) is 11.8 Å². The van der Waals surface area contributed by atoms with Gasteiger partial charge in [0.25, 0.3) is 0 Å². The van der Waals surface area contributed by atoms with E-state index in [4.69, 9.17) is 5.11 Å². The molecule has 0 saturated carbocycles. The van der Waals surface area contributed by atoms with Crippen molar-refractivity contribution in [2.24, 2.45) is 5.92 Å². The van der Waals surface area contributed by atoms with Gasteiger partial charge in [-0.25, -0.2) is 9.18 Å². The maximum absolute atomic E-state index is 13.8. The molecular weight excluding hydrogens is 263 g/mol. The Morgan fingerprint density at radius 1 is 1.53 bits per heavy atom. The summed E-state index contributed by atoms with van der Waals surface area (Å²) >= 11 is 1.73. The van der Waals surface area contributed by atoms with Crippen LogP contribution < -0.4 is 0 Å². The highest BCUT2D eigenvalue weighted by Crippen LogP contribution is 2.20. The molecule has 1 rings (SSSR count). The topological polar surface area (TPSA) is 37.3 Å². The quantitative estimate of drug-likeness (QED) is 0.761. The molecule has 19 heavy (non-hydrogen) atoms. The molecule has 0 bridgehead atoms. The fraction of sp³-hybridized carbons (Fsp3) is 0.400. The predicted octanol–water partition coefficient (Wildman–Crippen LogP) is 4.20. The molecule has 1 unspecified atom stereocenters. The molecule has 1 aromatic rings. The van der Waals surface area contributed by atoms with Crippen LogP contribution in [0.25, 0.3) is 6.08 Å². The van der Waals surface area contributed by atoms with Crippen molar-refractivity contribution in [3.05, 3.63) is 41.2 Å². The molecule has 104 valence electrons.